The first-order valence-corrected chi connectivity index (χ1v) is 6.37. The second-order valence-corrected chi connectivity index (χ2v) is 4.83. The van der Waals surface area contributed by atoms with Gasteiger partial charge in [0.25, 0.3) is 0 Å². The Hall–Kier alpha value is -1.06. The van der Waals surface area contributed by atoms with Crippen LogP contribution in [0.25, 0.3) is 0 Å². The van der Waals surface area contributed by atoms with E-state index in [9.17, 15) is 0 Å². The Labute approximate surface area is 104 Å². The summed E-state index contributed by atoms with van der Waals surface area (Å²) in [5.41, 5.74) is 7.08. The molecule has 2 N–H and O–H groups in total. The van der Waals surface area contributed by atoms with Gasteiger partial charge in [0.15, 0.2) is 0 Å². The molecule has 1 saturated heterocycles. The monoisotopic (exact) mass is 234 g/mol. The van der Waals surface area contributed by atoms with Crippen LogP contribution >= 0.6 is 0 Å². The summed E-state index contributed by atoms with van der Waals surface area (Å²) in [6, 6.07) is 8.32. The van der Waals surface area contributed by atoms with Crippen molar-refractivity contribution in [2.75, 3.05) is 26.7 Å². The first kappa shape index (κ1) is 12.4. The van der Waals surface area contributed by atoms with E-state index >= 15 is 0 Å². The molecule has 1 aliphatic rings. The molecule has 3 nitrogen and oxygen atoms in total. The molecule has 1 aromatic rings. The summed E-state index contributed by atoms with van der Waals surface area (Å²) in [7, 11) is 1.71. The van der Waals surface area contributed by atoms with Gasteiger partial charge in [-0.25, -0.2) is 0 Å². The molecule has 0 amide bonds. The number of likely N-dealkylation sites (tertiary alicyclic amines) is 1. The zero-order valence-electron chi connectivity index (χ0n) is 10.6. The molecule has 0 saturated carbocycles. The maximum Gasteiger partial charge on any atom is 0.119 e. The van der Waals surface area contributed by atoms with Crippen LogP contribution in [0.5, 0.6) is 5.75 Å². The highest BCUT2D eigenvalue weighted by Gasteiger charge is 2.18. The van der Waals surface area contributed by atoms with Crippen molar-refractivity contribution in [3.05, 3.63) is 29.8 Å². The number of nitrogens with two attached hydrogens (primary N) is 1. The van der Waals surface area contributed by atoms with E-state index in [-0.39, 0.29) is 0 Å². The average molecular weight is 234 g/mol. The third-order valence-corrected chi connectivity index (χ3v) is 3.48. The Morgan fingerprint density at radius 1 is 1.47 bits per heavy atom. The SMILES string of the molecule is COc1cccc(CN2CCC[C@H](CN)C2)c1. The highest BCUT2D eigenvalue weighted by atomic mass is 16.5. The Kier molecular flexibility index (Phi) is 4.40. The van der Waals surface area contributed by atoms with Crippen molar-refractivity contribution in [3.63, 3.8) is 0 Å². The van der Waals surface area contributed by atoms with Gasteiger partial charge in [0.2, 0.25) is 0 Å². The van der Waals surface area contributed by atoms with Crippen LogP contribution in [0.3, 0.4) is 0 Å². The molecular formula is C14H22N2O. The second-order valence-electron chi connectivity index (χ2n) is 4.83. The Morgan fingerprint density at radius 2 is 2.35 bits per heavy atom. The summed E-state index contributed by atoms with van der Waals surface area (Å²) in [6.45, 7) is 4.14. The van der Waals surface area contributed by atoms with Crippen LogP contribution in [-0.4, -0.2) is 31.6 Å². The van der Waals surface area contributed by atoms with Crippen molar-refractivity contribution in [1.29, 1.82) is 0 Å². The number of benzene rings is 1. The predicted molar refractivity (Wildman–Crippen MR) is 70.0 cm³/mol. The molecule has 0 spiro atoms. The molecule has 0 aliphatic carbocycles. The fraction of sp³-hybridized carbons (Fsp3) is 0.571. The van der Waals surface area contributed by atoms with E-state index in [1.54, 1.807) is 7.11 Å². The predicted octanol–water partition coefficient (Wildman–Crippen LogP) is 1.87. The summed E-state index contributed by atoms with van der Waals surface area (Å²) in [6.07, 6.45) is 2.55. The maximum atomic E-state index is 5.76. The van der Waals surface area contributed by atoms with Crippen LogP contribution in [0.4, 0.5) is 0 Å². The Balaban J connectivity index is 1.95. The van der Waals surface area contributed by atoms with Gasteiger partial charge in [-0.1, -0.05) is 12.1 Å². The second kappa shape index (κ2) is 6.03. The van der Waals surface area contributed by atoms with Gasteiger partial charge in [0, 0.05) is 13.1 Å². The number of rotatable bonds is 4. The van der Waals surface area contributed by atoms with Gasteiger partial charge in [-0.3, -0.25) is 4.90 Å². The molecule has 0 radical (unpaired) electrons. The molecule has 0 aromatic heterocycles. The van der Waals surface area contributed by atoms with E-state index in [4.69, 9.17) is 10.5 Å². The number of nitrogens with zero attached hydrogens (tertiary/aromatic N) is 1. The number of piperidine rings is 1. The van der Waals surface area contributed by atoms with Crippen molar-refractivity contribution in [1.82, 2.24) is 4.90 Å². The molecule has 0 unspecified atom stereocenters. The Morgan fingerprint density at radius 3 is 3.12 bits per heavy atom. The first-order valence-electron chi connectivity index (χ1n) is 6.37. The lowest BCUT2D eigenvalue weighted by molar-refractivity contribution is 0.171. The van der Waals surface area contributed by atoms with Gasteiger partial charge in [0.05, 0.1) is 7.11 Å². The van der Waals surface area contributed by atoms with E-state index in [1.807, 2.05) is 6.07 Å². The van der Waals surface area contributed by atoms with E-state index in [1.165, 1.54) is 24.9 Å². The van der Waals surface area contributed by atoms with Crippen molar-refractivity contribution in [2.45, 2.75) is 19.4 Å². The van der Waals surface area contributed by atoms with E-state index < -0.39 is 0 Å². The average Bonchev–Trinajstić information content (AvgIpc) is 2.39. The lowest BCUT2D eigenvalue weighted by Gasteiger charge is -2.32. The molecule has 1 aromatic carbocycles. The van der Waals surface area contributed by atoms with Crippen molar-refractivity contribution in [3.8, 4) is 5.75 Å². The third-order valence-electron chi connectivity index (χ3n) is 3.48. The van der Waals surface area contributed by atoms with Gasteiger partial charge in [-0.2, -0.15) is 0 Å². The lowest BCUT2D eigenvalue weighted by atomic mass is 9.98. The zero-order valence-corrected chi connectivity index (χ0v) is 10.6. The minimum atomic E-state index is 0.675. The largest absolute Gasteiger partial charge is 0.497 e. The smallest absolute Gasteiger partial charge is 0.119 e. The van der Waals surface area contributed by atoms with Crippen LogP contribution in [-0.2, 0) is 6.54 Å². The topological polar surface area (TPSA) is 38.5 Å². The molecule has 17 heavy (non-hydrogen) atoms. The minimum absolute atomic E-state index is 0.675. The third kappa shape index (κ3) is 3.45. The highest BCUT2D eigenvalue weighted by Crippen LogP contribution is 2.19. The lowest BCUT2D eigenvalue weighted by Crippen LogP contribution is -2.37. The molecule has 1 aliphatic heterocycles. The Bertz CT molecular complexity index is 354. The van der Waals surface area contributed by atoms with Crippen LogP contribution in [0.2, 0.25) is 0 Å². The minimum Gasteiger partial charge on any atom is -0.497 e. The molecule has 1 atom stereocenters. The van der Waals surface area contributed by atoms with Crippen LogP contribution in [0.1, 0.15) is 18.4 Å². The summed E-state index contributed by atoms with van der Waals surface area (Å²) >= 11 is 0. The van der Waals surface area contributed by atoms with E-state index in [0.717, 1.165) is 25.4 Å². The van der Waals surface area contributed by atoms with Gasteiger partial charge in [0.1, 0.15) is 5.75 Å². The van der Waals surface area contributed by atoms with Gasteiger partial charge < -0.3 is 10.5 Å². The zero-order chi connectivity index (χ0) is 12.1. The summed E-state index contributed by atoms with van der Waals surface area (Å²) in [5.74, 6) is 1.62. The number of hydrogen-bond acceptors (Lipinski definition) is 3. The molecular weight excluding hydrogens is 212 g/mol. The molecule has 0 bridgehead atoms. The van der Waals surface area contributed by atoms with Crippen molar-refractivity contribution < 1.29 is 4.74 Å². The van der Waals surface area contributed by atoms with Gasteiger partial charge in [-0.15, -0.1) is 0 Å². The summed E-state index contributed by atoms with van der Waals surface area (Å²) < 4.78 is 5.25. The summed E-state index contributed by atoms with van der Waals surface area (Å²) in [5, 5.41) is 0. The molecule has 1 heterocycles. The standard InChI is InChI=1S/C14H22N2O/c1-17-14-6-2-4-12(8-14)10-16-7-3-5-13(9-15)11-16/h2,4,6,8,13H,3,5,7,9-11,15H2,1H3/t13-/m1/s1. The van der Waals surface area contributed by atoms with Crippen LogP contribution in [0, 0.1) is 5.92 Å². The molecule has 1 fully saturated rings. The normalized spacial score (nSPS) is 21.4. The summed E-state index contributed by atoms with van der Waals surface area (Å²) in [4.78, 5) is 2.50. The van der Waals surface area contributed by atoms with Crippen LogP contribution < -0.4 is 10.5 Å². The fourth-order valence-corrected chi connectivity index (χ4v) is 2.52. The van der Waals surface area contributed by atoms with Gasteiger partial charge in [-0.05, 0) is 49.5 Å². The number of methoxy groups -OCH3 is 1. The van der Waals surface area contributed by atoms with Crippen molar-refractivity contribution in [2.24, 2.45) is 11.7 Å². The maximum absolute atomic E-state index is 5.76. The first-order chi connectivity index (χ1) is 8.31. The number of ether oxygens (including phenoxy) is 1. The van der Waals surface area contributed by atoms with E-state index in [0.29, 0.717) is 5.92 Å². The molecule has 3 heteroatoms. The molecule has 94 valence electrons. The quantitative estimate of drug-likeness (QED) is 0.864. The number of hydrogen-bond donors (Lipinski definition) is 1. The van der Waals surface area contributed by atoms with Gasteiger partial charge >= 0.3 is 0 Å². The van der Waals surface area contributed by atoms with Crippen LogP contribution in [0.15, 0.2) is 24.3 Å². The fourth-order valence-electron chi connectivity index (χ4n) is 2.52. The van der Waals surface area contributed by atoms with Crippen molar-refractivity contribution >= 4 is 0 Å². The van der Waals surface area contributed by atoms with E-state index in [2.05, 4.69) is 23.1 Å². The highest BCUT2D eigenvalue weighted by molar-refractivity contribution is 5.28. The molecule has 2 rings (SSSR count).